The molecule has 94 valence electrons. The zero-order chi connectivity index (χ0) is 13.1. The van der Waals surface area contributed by atoms with E-state index in [2.05, 4.69) is 35.0 Å². The van der Waals surface area contributed by atoms with Crippen molar-refractivity contribution in [1.82, 2.24) is 0 Å². The highest BCUT2D eigenvalue weighted by atomic mass is 79.9. The van der Waals surface area contributed by atoms with Crippen molar-refractivity contribution in [2.24, 2.45) is 0 Å². The quantitative estimate of drug-likeness (QED) is 0.656. The molecule has 0 saturated heterocycles. The number of hydrogen-bond acceptors (Lipinski definition) is 0. The molecule has 1 unspecified atom stereocenters. The smallest absolute Gasteiger partial charge is 0.124 e. The van der Waals surface area contributed by atoms with Crippen LogP contribution in [0.15, 0.2) is 42.5 Å². The van der Waals surface area contributed by atoms with Crippen LogP contribution in [0.4, 0.5) is 4.39 Å². The molecule has 3 heteroatoms. The molecule has 0 aliphatic rings. The van der Waals surface area contributed by atoms with Gasteiger partial charge in [0.25, 0.3) is 0 Å². The Kier molecular flexibility index (Phi) is 4.41. The highest BCUT2D eigenvalue weighted by molar-refractivity contribution is 9.09. The van der Waals surface area contributed by atoms with Gasteiger partial charge in [-0.2, -0.15) is 0 Å². The van der Waals surface area contributed by atoms with E-state index in [4.69, 9.17) is 11.6 Å². The zero-order valence-corrected chi connectivity index (χ0v) is 12.3. The van der Waals surface area contributed by atoms with Crippen LogP contribution in [0.3, 0.4) is 0 Å². The SMILES string of the molecule is Cc1ccccc1CC(Br)c1ccc(F)cc1Cl. The minimum Gasteiger partial charge on any atom is -0.207 e. The van der Waals surface area contributed by atoms with Gasteiger partial charge in [0, 0.05) is 9.85 Å². The fourth-order valence-corrected chi connectivity index (χ4v) is 3.08. The lowest BCUT2D eigenvalue weighted by Crippen LogP contribution is -1.98. The van der Waals surface area contributed by atoms with Gasteiger partial charge in [-0.25, -0.2) is 4.39 Å². The molecule has 0 aliphatic carbocycles. The molecule has 1 atom stereocenters. The van der Waals surface area contributed by atoms with E-state index >= 15 is 0 Å². The third kappa shape index (κ3) is 3.12. The predicted octanol–water partition coefficient (Wildman–Crippen LogP) is 5.47. The molecule has 0 N–H and O–H groups in total. The molecule has 0 fully saturated rings. The second-order valence-electron chi connectivity index (χ2n) is 4.26. The van der Waals surface area contributed by atoms with Crippen molar-refractivity contribution in [3.63, 3.8) is 0 Å². The van der Waals surface area contributed by atoms with Gasteiger partial charge in [-0.1, -0.05) is 57.9 Å². The first kappa shape index (κ1) is 13.6. The maximum atomic E-state index is 13.0. The Hall–Kier alpha value is -0.860. The first-order valence-electron chi connectivity index (χ1n) is 5.71. The molecule has 0 aromatic heterocycles. The van der Waals surface area contributed by atoms with Gasteiger partial charge in [0.05, 0.1) is 0 Å². The van der Waals surface area contributed by atoms with E-state index in [0.29, 0.717) is 5.02 Å². The third-order valence-corrected chi connectivity index (χ3v) is 4.10. The Morgan fingerprint density at radius 2 is 1.94 bits per heavy atom. The average Bonchev–Trinajstić information content (AvgIpc) is 2.32. The number of aryl methyl sites for hydroxylation is 1. The van der Waals surface area contributed by atoms with E-state index < -0.39 is 0 Å². The summed E-state index contributed by atoms with van der Waals surface area (Å²) >= 11 is 9.69. The Balaban J connectivity index is 2.22. The number of alkyl halides is 1. The van der Waals surface area contributed by atoms with Crippen molar-refractivity contribution in [2.75, 3.05) is 0 Å². The van der Waals surface area contributed by atoms with Crippen LogP contribution in [0.25, 0.3) is 0 Å². The monoisotopic (exact) mass is 326 g/mol. The summed E-state index contributed by atoms with van der Waals surface area (Å²) in [6, 6.07) is 12.7. The molecule has 2 rings (SSSR count). The molecule has 0 saturated carbocycles. The second-order valence-corrected chi connectivity index (χ2v) is 5.78. The van der Waals surface area contributed by atoms with Crippen LogP contribution in [0.1, 0.15) is 21.5 Å². The van der Waals surface area contributed by atoms with Crippen LogP contribution in [-0.2, 0) is 6.42 Å². The summed E-state index contributed by atoms with van der Waals surface area (Å²) in [7, 11) is 0. The summed E-state index contributed by atoms with van der Waals surface area (Å²) in [5, 5.41) is 0.463. The highest BCUT2D eigenvalue weighted by Gasteiger charge is 2.13. The highest BCUT2D eigenvalue weighted by Crippen LogP contribution is 2.33. The van der Waals surface area contributed by atoms with E-state index in [1.54, 1.807) is 6.07 Å². The number of halogens is 3. The Morgan fingerprint density at radius 3 is 2.61 bits per heavy atom. The average molecular weight is 328 g/mol. The van der Waals surface area contributed by atoms with Crippen LogP contribution < -0.4 is 0 Å². The molecule has 0 heterocycles. The largest absolute Gasteiger partial charge is 0.207 e. The van der Waals surface area contributed by atoms with Crippen LogP contribution in [-0.4, -0.2) is 0 Å². The first-order chi connectivity index (χ1) is 8.58. The van der Waals surface area contributed by atoms with Gasteiger partial charge in [0.15, 0.2) is 0 Å². The van der Waals surface area contributed by atoms with Crippen LogP contribution >= 0.6 is 27.5 Å². The van der Waals surface area contributed by atoms with Gasteiger partial charge < -0.3 is 0 Å². The van der Waals surface area contributed by atoms with E-state index in [0.717, 1.165) is 12.0 Å². The minimum atomic E-state index is -0.306. The summed E-state index contributed by atoms with van der Waals surface area (Å²) < 4.78 is 13.0. The number of benzene rings is 2. The summed E-state index contributed by atoms with van der Waals surface area (Å²) in [6.45, 7) is 2.08. The van der Waals surface area contributed by atoms with E-state index in [1.807, 2.05) is 12.1 Å². The summed E-state index contributed by atoms with van der Waals surface area (Å²) in [5.74, 6) is -0.306. The zero-order valence-electron chi connectivity index (χ0n) is 9.96. The van der Waals surface area contributed by atoms with Crippen molar-refractivity contribution in [2.45, 2.75) is 18.2 Å². The van der Waals surface area contributed by atoms with Crippen LogP contribution in [0, 0.1) is 12.7 Å². The summed E-state index contributed by atoms with van der Waals surface area (Å²) in [4.78, 5) is 0.0895. The lowest BCUT2D eigenvalue weighted by molar-refractivity contribution is 0.627. The van der Waals surface area contributed by atoms with Crippen LogP contribution in [0.2, 0.25) is 5.02 Å². The normalized spacial score (nSPS) is 12.4. The molecular weight excluding hydrogens is 315 g/mol. The molecular formula is C15H13BrClF. The van der Waals surface area contributed by atoms with Crippen molar-refractivity contribution < 1.29 is 4.39 Å². The molecule has 0 bridgehead atoms. The lowest BCUT2D eigenvalue weighted by Gasteiger charge is -2.13. The molecule has 2 aromatic carbocycles. The van der Waals surface area contributed by atoms with E-state index in [-0.39, 0.29) is 10.6 Å². The van der Waals surface area contributed by atoms with Gasteiger partial charge in [-0.05, 0) is 42.2 Å². The summed E-state index contributed by atoms with van der Waals surface area (Å²) in [5.41, 5.74) is 3.43. The molecule has 0 radical (unpaired) electrons. The predicted molar refractivity (Wildman–Crippen MR) is 78.0 cm³/mol. The van der Waals surface area contributed by atoms with Crippen LogP contribution in [0.5, 0.6) is 0 Å². The van der Waals surface area contributed by atoms with E-state index in [1.165, 1.54) is 23.3 Å². The molecule has 0 nitrogen and oxygen atoms in total. The van der Waals surface area contributed by atoms with Crippen molar-refractivity contribution in [3.8, 4) is 0 Å². The number of rotatable bonds is 3. The van der Waals surface area contributed by atoms with Crippen molar-refractivity contribution in [3.05, 3.63) is 70.0 Å². The third-order valence-electron chi connectivity index (χ3n) is 2.96. The Morgan fingerprint density at radius 1 is 1.22 bits per heavy atom. The van der Waals surface area contributed by atoms with Crippen molar-refractivity contribution >= 4 is 27.5 Å². The summed E-state index contributed by atoms with van der Waals surface area (Å²) in [6.07, 6.45) is 0.831. The standard InChI is InChI=1S/C15H13BrClF/c1-10-4-2-3-5-11(10)8-14(16)13-7-6-12(18)9-15(13)17/h2-7,9,14H,8H2,1H3. The van der Waals surface area contributed by atoms with Gasteiger partial charge in [-0.15, -0.1) is 0 Å². The van der Waals surface area contributed by atoms with E-state index in [9.17, 15) is 4.39 Å². The molecule has 0 spiro atoms. The molecule has 2 aromatic rings. The molecule has 18 heavy (non-hydrogen) atoms. The number of hydrogen-bond donors (Lipinski definition) is 0. The Bertz CT molecular complexity index is 554. The van der Waals surface area contributed by atoms with Gasteiger partial charge in [0.1, 0.15) is 5.82 Å². The maximum Gasteiger partial charge on any atom is 0.124 e. The Labute approximate surface area is 120 Å². The lowest BCUT2D eigenvalue weighted by atomic mass is 10.0. The minimum absolute atomic E-state index is 0.0895. The first-order valence-corrected chi connectivity index (χ1v) is 7.01. The second kappa shape index (κ2) is 5.85. The maximum absolute atomic E-state index is 13.0. The van der Waals surface area contributed by atoms with Gasteiger partial charge >= 0.3 is 0 Å². The molecule has 0 aliphatic heterocycles. The van der Waals surface area contributed by atoms with Gasteiger partial charge in [-0.3, -0.25) is 0 Å². The topological polar surface area (TPSA) is 0 Å². The fraction of sp³-hybridized carbons (Fsp3) is 0.200. The molecule has 0 amide bonds. The van der Waals surface area contributed by atoms with Crippen molar-refractivity contribution in [1.29, 1.82) is 0 Å². The fourth-order valence-electron chi connectivity index (χ4n) is 1.90. The van der Waals surface area contributed by atoms with Gasteiger partial charge in [0.2, 0.25) is 0 Å².